The Morgan fingerprint density at radius 2 is 1.08 bits per heavy atom. The number of unbranched alkanes of at least 4 members (excludes halogenated alkanes) is 1. The van der Waals surface area contributed by atoms with Gasteiger partial charge in [0.2, 0.25) is 0 Å². The summed E-state index contributed by atoms with van der Waals surface area (Å²) in [6.07, 6.45) is 11.4. The molecule has 0 aliphatic rings. The maximum Gasteiger partial charge on any atom is -0.0290 e. The molecule has 12 heavy (non-hydrogen) atoms. The monoisotopic (exact) mass is 166 g/mol. The van der Waals surface area contributed by atoms with E-state index in [0.29, 0.717) is 11.8 Å². The molecule has 0 bridgehead atoms. The maximum absolute atomic E-state index is 2.27. The average molecular weight is 166 g/mol. The summed E-state index contributed by atoms with van der Waals surface area (Å²) in [5.41, 5.74) is 0. The van der Waals surface area contributed by atoms with Crippen molar-refractivity contribution >= 4 is 0 Å². The first-order valence-electron chi connectivity index (χ1n) is 4.96. The van der Waals surface area contributed by atoms with Gasteiger partial charge in [0.15, 0.2) is 0 Å². The van der Waals surface area contributed by atoms with Crippen molar-refractivity contribution in [1.82, 2.24) is 0 Å². The minimum absolute atomic E-state index is 0.694. The third-order valence-electron chi connectivity index (χ3n) is 1.54. The van der Waals surface area contributed by atoms with E-state index in [-0.39, 0.29) is 0 Å². The summed E-state index contributed by atoms with van der Waals surface area (Å²) in [5.74, 6) is 1.39. The Morgan fingerprint density at radius 1 is 0.750 bits per heavy atom. The van der Waals surface area contributed by atoms with Gasteiger partial charge in [-0.15, -0.1) is 0 Å². The van der Waals surface area contributed by atoms with Crippen molar-refractivity contribution in [2.75, 3.05) is 0 Å². The van der Waals surface area contributed by atoms with Gasteiger partial charge in [0.05, 0.1) is 0 Å². The second-order valence-corrected chi connectivity index (χ2v) is 3.92. The number of rotatable bonds is 5. The summed E-state index contributed by atoms with van der Waals surface area (Å²) < 4.78 is 0. The van der Waals surface area contributed by atoms with E-state index in [1.54, 1.807) is 0 Å². The molecule has 0 amide bonds. The van der Waals surface area contributed by atoms with Crippen molar-refractivity contribution in [3.8, 4) is 0 Å². The lowest BCUT2D eigenvalue weighted by Crippen LogP contribution is -1.78. The molecular weight excluding hydrogens is 144 g/mol. The molecule has 0 heteroatoms. The Hall–Kier alpha value is -0.520. The van der Waals surface area contributed by atoms with Gasteiger partial charge >= 0.3 is 0 Å². The van der Waals surface area contributed by atoms with Crippen LogP contribution in [0.15, 0.2) is 24.3 Å². The highest BCUT2D eigenvalue weighted by atomic mass is 13.9. The quantitative estimate of drug-likeness (QED) is 0.424. The van der Waals surface area contributed by atoms with Crippen molar-refractivity contribution in [2.45, 2.75) is 40.5 Å². The van der Waals surface area contributed by atoms with E-state index in [1.165, 1.54) is 12.8 Å². The number of hydrogen-bond acceptors (Lipinski definition) is 0. The van der Waals surface area contributed by atoms with Crippen LogP contribution in [0, 0.1) is 11.8 Å². The molecule has 0 nitrogen and oxygen atoms in total. The lowest BCUT2D eigenvalue weighted by Gasteiger charge is -1.94. The predicted octanol–water partition coefficient (Wildman–Crippen LogP) is 4.19. The first-order chi connectivity index (χ1) is 5.63. The van der Waals surface area contributed by atoms with E-state index < -0.39 is 0 Å². The molecule has 0 atom stereocenters. The van der Waals surface area contributed by atoms with Crippen LogP contribution < -0.4 is 0 Å². The lowest BCUT2D eigenvalue weighted by molar-refractivity contribution is 0.815. The highest BCUT2D eigenvalue weighted by Crippen LogP contribution is 2.00. The fourth-order valence-corrected chi connectivity index (χ4v) is 0.929. The zero-order chi connectivity index (χ0) is 9.40. The van der Waals surface area contributed by atoms with Crippen molar-refractivity contribution in [3.63, 3.8) is 0 Å². The van der Waals surface area contributed by atoms with Gasteiger partial charge in [-0.2, -0.15) is 0 Å². The molecule has 0 aliphatic heterocycles. The van der Waals surface area contributed by atoms with Crippen LogP contribution in [-0.2, 0) is 0 Å². The van der Waals surface area contributed by atoms with Gasteiger partial charge in [-0.25, -0.2) is 0 Å². The van der Waals surface area contributed by atoms with Gasteiger partial charge in [0, 0.05) is 0 Å². The molecule has 0 aromatic carbocycles. The van der Waals surface area contributed by atoms with Crippen LogP contribution in [0.1, 0.15) is 40.5 Å². The molecule has 0 saturated carbocycles. The third-order valence-corrected chi connectivity index (χ3v) is 1.54. The molecule has 0 heterocycles. The Bertz CT molecular complexity index is 120. The highest BCUT2D eigenvalue weighted by Gasteiger charge is 1.84. The van der Waals surface area contributed by atoms with Crippen LogP contribution in [0.25, 0.3) is 0 Å². The first kappa shape index (κ1) is 11.5. The average Bonchev–Trinajstić information content (AvgIpc) is 1.95. The summed E-state index contributed by atoms with van der Waals surface area (Å²) >= 11 is 0. The number of allylic oxidation sites excluding steroid dienone is 4. The first-order valence-corrected chi connectivity index (χ1v) is 4.96. The van der Waals surface area contributed by atoms with Gasteiger partial charge in [0.1, 0.15) is 0 Å². The second-order valence-electron chi connectivity index (χ2n) is 3.92. The van der Waals surface area contributed by atoms with E-state index in [1.807, 2.05) is 0 Å². The molecule has 0 aliphatic carbocycles. The zero-order valence-corrected chi connectivity index (χ0v) is 8.88. The van der Waals surface area contributed by atoms with Gasteiger partial charge in [-0.05, 0) is 24.7 Å². The molecule has 0 aromatic rings. The SMILES string of the molecule is CC(C)/C=C/CC/C=C/C(C)C. The molecule has 0 unspecified atom stereocenters. The Labute approximate surface area is 77.4 Å². The Balaban J connectivity index is 3.32. The summed E-state index contributed by atoms with van der Waals surface area (Å²) in [4.78, 5) is 0. The van der Waals surface area contributed by atoms with E-state index >= 15 is 0 Å². The molecule has 0 fully saturated rings. The molecule has 0 aromatic heterocycles. The predicted molar refractivity (Wildman–Crippen MR) is 57.2 cm³/mol. The maximum atomic E-state index is 2.27. The van der Waals surface area contributed by atoms with Crippen LogP contribution >= 0.6 is 0 Å². The largest absolute Gasteiger partial charge is 0.0880 e. The molecular formula is C12H22. The lowest BCUT2D eigenvalue weighted by atomic mass is 10.1. The molecule has 0 radical (unpaired) electrons. The summed E-state index contributed by atoms with van der Waals surface area (Å²) in [7, 11) is 0. The van der Waals surface area contributed by atoms with Crippen LogP contribution in [0.2, 0.25) is 0 Å². The van der Waals surface area contributed by atoms with E-state index in [0.717, 1.165) is 0 Å². The van der Waals surface area contributed by atoms with E-state index in [4.69, 9.17) is 0 Å². The van der Waals surface area contributed by atoms with E-state index in [2.05, 4.69) is 52.0 Å². The Kier molecular flexibility index (Phi) is 6.84. The standard InChI is InChI=1S/C12H22/c1-11(2)9-7-5-6-8-10-12(3)4/h7-12H,5-6H2,1-4H3/b9-7+,10-8+. The van der Waals surface area contributed by atoms with Crippen LogP contribution in [0.4, 0.5) is 0 Å². The van der Waals surface area contributed by atoms with Gasteiger partial charge in [-0.1, -0.05) is 52.0 Å². The normalized spacial score (nSPS) is 12.8. The smallest absolute Gasteiger partial charge is 0.0290 e. The Morgan fingerprint density at radius 3 is 1.33 bits per heavy atom. The molecule has 0 spiro atoms. The minimum atomic E-state index is 0.694. The van der Waals surface area contributed by atoms with Gasteiger partial charge in [-0.3, -0.25) is 0 Å². The number of hydrogen-bond donors (Lipinski definition) is 0. The minimum Gasteiger partial charge on any atom is -0.0880 e. The summed E-state index contributed by atoms with van der Waals surface area (Å²) in [6, 6.07) is 0. The fourth-order valence-electron chi connectivity index (χ4n) is 0.929. The van der Waals surface area contributed by atoms with Crippen molar-refractivity contribution in [1.29, 1.82) is 0 Å². The van der Waals surface area contributed by atoms with Crippen molar-refractivity contribution in [3.05, 3.63) is 24.3 Å². The van der Waals surface area contributed by atoms with Crippen molar-refractivity contribution in [2.24, 2.45) is 11.8 Å². The van der Waals surface area contributed by atoms with Crippen molar-refractivity contribution < 1.29 is 0 Å². The molecule has 0 N–H and O–H groups in total. The van der Waals surface area contributed by atoms with Gasteiger partial charge in [0.25, 0.3) is 0 Å². The van der Waals surface area contributed by atoms with E-state index in [9.17, 15) is 0 Å². The fraction of sp³-hybridized carbons (Fsp3) is 0.667. The van der Waals surface area contributed by atoms with Gasteiger partial charge < -0.3 is 0 Å². The summed E-state index contributed by atoms with van der Waals surface area (Å²) in [6.45, 7) is 8.84. The van der Waals surface area contributed by atoms with Crippen LogP contribution in [-0.4, -0.2) is 0 Å². The van der Waals surface area contributed by atoms with Crippen LogP contribution in [0.3, 0.4) is 0 Å². The topological polar surface area (TPSA) is 0 Å². The highest BCUT2D eigenvalue weighted by molar-refractivity contribution is 4.90. The third kappa shape index (κ3) is 9.48. The molecule has 0 saturated heterocycles. The van der Waals surface area contributed by atoms with Crippen LogP contribution in [0.5, 0.6) is 0 Å². The summed E-state index contributed by atoms with van der Waals surface area (Å²) in [5, 5.41) is 0. The molecule has 70 valence electrons. The molecule has 0 rings (SSSR count). The zero-order valence-electron chi connectivity index (χ0n) is 8.88. The second kappa shape index (κ2) is 7.15.